The summed E-state index contributed by atoms with van der Waals surface area (Å²) in [5, 5.41) is 11.3. The quantitative estimate of drug-likeness (QED) is 0.280. The Morgan fingerprint density at radius 1 is 0.968 bits per heavy atom. The molecule has 1 aliphatic heterocycles. The van der Waals surface area contributed by atoms with E-state index < -0.39 is 23.5 Å². The molecule has 2 heterocycles. The minimum absolute atomic E-state index is 0.0962. The first-order chi connectivity index (χ1) is 15.0. The highest BCUT2D eigenvalue weighted by molar-refractivity contribution is 7.22. The van der Waals surface area contributed by atoms with Gasteiger partial charge in [-0.15, -0.1) is 0 Å². The highest BCUT2D eigenvalue weighted by Crippen LogP contribution is 2.44. The number of anilines is 1. The van der Waals surface area contributed by atoms with Crippen LogP contribution in [-0.2, 0) is 9.59 Å². The second-order valence-electron chi connectivity index (χ2n) is 7.05. The van der Waals surface area contributed by atoms with E-state index >= 15 is 0 Å². The summed E-state index contributed by atoms with van der Waals surface area (Å²) >= 11 is 1.26. The fourth-order valence-electron chi connectivity index (χ4n) is 3.74. The first-order valence-corrected chi connectivity index (χ1v) is 10.3. The first kappa shape index (κ1) is 19.1. The monoisotopic (exact) mass is 430 g/mol. The van der Waals surface area contributed by atoms with Gasteiger partial charge in [-0.25, -0.2) is 9.37 Å². The SMILES string of the molecule is O=C1C(=O)N(c2nc3ccccc3s2)C(c2cccc(F)c2)/C1=C(\O)c1ccccc1. The van der Waals surface area contributed by atoms with Gasteiger partial charge in [0.15, 0.2) is 5.13 Å². The fourth-order valence-corrected chi connectivity index (χ4v) is 4.73. The number of rotatable bonds is 3. The van der Waals surface area contributed by atoms with Gasteiger partial charge in [-0.2, -0.15) is 0 Å². The van der Waals surface area contributed by atoms with Crippen LogP contribution < -0.4 is 4.90 Å². The van der Waals surface area contributed by atoms with E-state index in [9.17, 15) is 19.1 Å². The zero-order chi connectivity index (χ0) is 21.5. The highest BCUT2D eigenvalue weighted by atomic mass is 32.1. The minimum atomic E-state index is -1.00. The summed E-state index contributed by atoms with van der Waals surface area (Å²) in [5.74, 6) is -2.47. The summed E-state index contributed by atoms with van der Waals surface area (Å²) in [7, 11) is 0. The lowest BCUT2D eigenvalue weighted by Crippen LogP contribution is -2.29. The van der Waals surface area contributed by atoms with Crippen molar-refractivity contribution in [1.82, 2.24) is 4.98 Å². The summed E-state index contributed by atoms with van der Waals surface area (Å²) in [6, 6.07) is 20.5. The van der Waals surface area contributed by atoms with Crippen molar-refractivity contribution in [3.8, 4) is 0 Å². The van der Waals surface area contributed by atoms with Crippen LogP contribution in [0.3, 0.4) is 0 Å². The van der Waals surface area contributed by atoms with E-state index in [1.165, 1.54) is 34.4 Å². The number of carbonyl (C=O) groups excluding carboxylic acids is 2. The van der Waals surface area contributed by atoms with E-state index in [-0.39, 0.29) is 11.3 Å². The second kappa shape index (κ2) is 7.45. The van der Waals surface area contributed by atoms with Crippen molar-refractivity contribution in [2.75, 3.05) is 4.90 Å². The topological polar surface area (TPSA) is 70.5 Å². The Bertz CT molecular complexity index is 1330. The lowest BCUT2D eigenvalue weighted by atomic mass is 9.95. The summed E-state index contributed by atoms with van der Waals surface area (Å²) < 4.78 is 14.9. The van der Waals surface area contributed by atoms with E-state index in [1.54, 1.807) is 36.4 Å². The van der Waals surface area contributed by atoms with Gasteiger partial charge in [0.25, 0.3) is 5.78 Å². The van der Waals surface area contributed by atoms with Crippen LogP contribution in [0.4, 0.5) is 9.52 Å². The third-order valence-electron chi connectivity index (χ3n) is 5.14. The van der Waals surface area contributed by atoms with Gasteiger partial charge in [0, 0.05) is 5.56 Å². The number of carbonyl (C=O) groups is 2. The first-order valence-electron chi connectivity index (χ1n) is 9.52. The van der Waals surface area contributed by atoms with Crippen LogP contribution in [-0.4, -0.2) is 21.8 Å². The van der Waals surface area contributed by atoms with Crippen LogP contribution in [0.5, 0.6) is 0 Å². The molecule has 4 aromatic rings. The van der Waals surface area contributed by atoms with Crippen molar-refractivity contribution in [2.45, 2.75) is 6.04 Å². The largest absolute Gasteiger partial charge is 0.507 e. The van der Waals surface area contributed by atoms with Crippen LogP contribution >= 0.6 is 11.3 Å². The molecule has 1 atom stereocenters. The standard InChI is InChI=1S/C24H15FN2O3S/c25-16-10-6-9-15(13-16)20-19(21(28)14-7-2-1-3-8-14)22(29)23(30)27(20)24-26-17-11-4-5-12-18(17)31-24/h1-13,20,28H/b21-19+. The number of aliphatic hydroxyl groups excluding tert-OH is 1. The van der Waals surface area contributed by atoms with E-state index in [2.05, 4.69) is 4.98 Å². The van der Waals surface area contributed by atoms with Gasteiger partial charge in [0.05, 0.1) is 21.8 Å². The number of aliphatic hydroxyl groups is 1. The van der Waals surface area contributed by atoms with E-state index in [1.807, 2.05) is 24.3 Å². The molecule has 1 N–H and O–H groups in total. The highest BCUT2D eigenvalue weighted by Gasteiger charge is 2.48. The van der Waals surface area contributed by atoms with Gasteiger partial charge in [0.2, 0.25) is 0 Å². The zero-order valence-corrected chi connectivity index (χ0v) is 16.8. The number of aromatic nitrogens is 1. The van der Waals surface area contributed by atoms with Crippen molar-refractivity contribution in [2.24, 2.45) is 0 Å². The van der Waals surface area contributed by atoms with Crippen LogP contribution in [0.1, 0.15) is 17.2 Å². The zero-order valence-electron chi connectivity index (χ0n) is 16.0. The molecule has 1 aliphatic rings. The average molecular weight is 430 g/mol. The molecule has 31 heavy (non-hydrogen) atoms. The lowest BCUT2D eigenvalue weighted by Gasteiger charge is -2.23. The van der Waals surface area contributed by atoms with E-state index in [0.717, 1.165) is 4.70 Å². The fraction of sp³-hybridized carbons (Fsp3) is 0.0417. The molecule has 0 radical (unpaired) electrons. The normalized spacial score (nSPS) is 18.1. The lowest BCUT2D eigenvalue weighted by molar-refractivity contribution is -0.132. The number of thiazole rings is 1. The third-order valence-corrected chi connectivity index (χ3v) is 6.18. The number of fused-ring (bicyclic) bond motifs is 1. The van der Waals surface area contributed by atoms with E-state index in [4.69, 9.17) is 0 Å². The number of benzene rings is 3. The Morgan fingerprint density at radius 2 is 1.71 bits per heavy atom. The summed E-state index contributed by atoms with van der Waals surface area (Å²) in [5.41, 5.74) is 1.36. The second-order valence-corrected chi connectivity index (χ2v) is 8.06. The summed E-state index contributed by atoms with van der Waals surface area (Å²) in [6.07, 6.45) is 0. The number of Topliss-reactive ketones (excluding diaryl/α,β-unsaturated/α-hetero) is 1. The molecule has 5 rings (SSSR count). The molecule has 7 heteroatoms. The van der Waals surface area contributed by atoms with Crippen molar-refractivity contribution < 1.29 is 19.1 Å². The number of halogens is 1. The predicted octanol–water partition coefficient (Wildman–Crippen LogP) is 5.06. The Morgan fingerprint density at radius 3 is 2.45 bits per heavy atom. The molecule has 0 spiro atoms. The van der Waals surface area contributed by atoms with Crippen molar-refractivity contribution >= 4 is 44.1 Å². The molecule has 1 fully saturated rings. The van der Waals surface area contributed by atoms with Crippen LogP contribution in [0, 0.1) is 5.82 Å². The summed E-state index contributed by atoms with van der Waals surface area (Å²) in [6.45, 7) is 0. The molecule has 5 nitrogen and oxygen atoms in total. The Kier molecular flexibility index (Phi) is 4.60. The van der Waals surface area contributed by atoms with Crippen molar-refractivity contribution in [3.05, 3.63) is 101 Å². The third kappa shape index (κ3) is 3.19. The predicted molar refractivity (Wildman–Crippen MR) is 117 cm³/mol. The maximum atomic E-state index is 14.1. The Hall–Kier alpha value is -3.84. The maximum absolute atomic E-state index is 14.1. The molecular weight excluding hydrogens is 415 g/mol. The van der Waals surface area contributed by atoms with Gasteiger partial charge in [-0.1, -0.05) is 65.9 Å². The number of hydrogen-bond acceptors (Lipinski definition) is 5. The molecule has 0 bridgehead atoms. The number of nitrogens with zero attached hydrogens (tertiary/aromatic N) is 2. The van der Waals surface area contributed by atoms with Crippen molar-refractivity contribution in [1.29, 1.82) is 0 Å². The number of hydrogen-bond donors (Lipinski definition) is 1. The van der Waals surface area contributed by atoms with Crippen LogP contribution in [0.25, 0.3) is 16.0 Å². The van der Waals surface area contributed by atoms with E-state index in [0.29, 0.717) is 21.8 Å². The molecule has 1 amide bonds. The summed E-state index contributed by atoms with van der Waals surface area (Å²) in [4.78, 5) is 31.9. The average Bonchev–Trinajstić information content (AvgIpc) is 3.32. The van der Waals surface area contributed by atoms with Crippen molar-refractivity contribution in [3.63, 3.8) is 0 Å². The van der Waals surface area contributed by atoms with Gasteiger partial charge >= 0.3 is 5.91 Å². The number of amides is 1. The number of ketones is 1. The molecular formula is C24H15FN2O3S. The molecule has 1 unspecified atom stereocenters. The Balaban J connectivity index is 1.75. The molecule has 3 aromatic carbocycles. The molecule has 1 aromatic heterocycles. The molecule has 0 aliphatic carbocycles. The van der Waals surface area contributed by atoms with Gasteiger partial charge in [-0.05, 0) is 29.8 Å². The molecule has 1 saturated heterocycles. The van der Waals surface area contributed by atoms with Crippen LogP contribution in [0.2, 0.25) is 0 Å². The van der Waals surface area contributed by atoms with Crippen LogP contribution in [0.15, 0.2) is 84.4 Å². The van der Waals surface area contributed by atoms with Gasteiger partial charge in [0.1, 0.15) is 11.6 Å². The smallest absolute Gasteiger partial charge is 0.301 e. The maximum Gasteiger partial charge on any atom is 0.301 e. The van der Waals surface area contributed by atoms with Gasteiger partial charge < -0.3 is 5.11 Å². The van der Waals surface area contributed by atoms with Gasteiger partial charge in [-0.3, -0.25) is 14.5 Å². The molecule has 0 saturated carbocycles. The minimum Gasteiger partial charge on any atom is -0.507 e. The Labute approximate surface area is 180 Å². The molecule has 152 valence electrons. The number of para-hydroxylation sites is 1.